The third-order valence-corrected chi connectivity index (χ3v) is 4.99. The highest BCUT2D eigenvalue weighted by atomic mass is 32.2. The Morgan fingerprint density at radius 2 is 1.83 bits per heavy atom. The minimum Gasteiger partial charge on any atom is -0.459 e. The second-order valence-electron chi connectivity index (χ2n) is 5.94. The molecule has 4 nitrogen and oxygen atoms in total. The summed E-state index contributed by atoms with van der Waals surface area (Å²) in [6.45, 7) is 3.62. The van der Waals surface area contributed by atoms with Crippen molar-refractivity contribution in [3.63, 3.8) is 0 Å². The van der Waals surface area contributed by atoms with E-state index in [4.69, 9.17) is 4.74 Å². The van der Waals surface area contributed by atoms with Crippen LogP contribution in [-0.2, 0) is 16.0 Å². The summed E-state index contributed by atoms with van der Waals surface area (Å²) >= 11 is 1.59. The summed E-state index contributed by atoms with van der Waals surface area (Å²) in [6.07, 6.45) is 0.587. The smallest absolute Gasteiger partial charge is 0.338 e. The van der Waals surface area contributed by atoms with Crippen molar-refractivity contribution >= 4 is 29.3 Å². The Labute approximate surface area is 145 Å². The van der Waals surface area contributed by atoms with E-state index in [1.165, 1.54) is 10.5 Å². The maximum absolute atomic E-state index is 12.4. The molecule has 1 heterocycles. The van der Waals surface area contributed by atoms with Crippen molar-refractivity contribution in [3.8, 4) is 0 Å². The van der Waals surface area contributed by atoms with E-state index in [1.807, 2.05) is 32.0 Å². The van der Waals surface area contributed by atoms with Crippen LogP contribution < -0.4 is 5.32 Å². The highest BCUT2D eigenvalue weighted by Gasteiger charge is 2.27. The summed E-state index contributed by atoms with van der Waals surface area (Å²) in [5, 5.41) is 2.80. The van der Waals surface area contributed by atoms with Crippen LogP contribution in [0.5, 0.6) is 0 Å². The summed E-state index contributed by atoms with van der Waals surface area (Å²) in [7, 11) is 0. The SMILES string of the molecule is CC(C)OC(=O)c1ccc(NC(=O)[C@H]2Cc3ccccc3S2)cc1. The molecule has 1 amide bonds. The second-order valence-corrected chi connectivity index (χ2v) is 7.18. The first-order valence-electron chi connectivity index (χ1n) is 7.89. The van der Waals surface area contributed by atoms with E-state index in [2.05, 4.69) is 11.4 Å². The average molecular weight is 341 g/mol. The molecule has 0 bridgehead atoms. The van der Waals surface area contributed by atoms with Crippen molar-refractivity contribution in [3.05, 3.63) is 59.7 Å². The van der Waals surface area contributed by atoms with Crippen LogP contribution in [0.3, 0.4) is 0 Å². The van der Waals surface area contributed by atoms with Crippen LogP contribution in [0.1, 0.15) is 29.8 Å². The van der Waals surface area contributed by atoms with Crippen LogP contribution in [0.15, 0.2) is 53.4 Å². The average Bonchev–Trinajstić information content (AvgIpc) is 2.99. The molecule has 3 rings (SSSR count). The lowest BCUT2D eigenvalue weighted by molar-refractivity contribution is -0.115. The molecule has 0 aliphatic carbocycles. The Morgan fingerprint density at radius 1 is 1.12 bits per heavy atom. The minimum atomic E-state index is -0.357. The quantitative estimate of drug-likeness (QED) is 0.857. The summed E-state index contributed by atoms with van der Waals surface area (Å²) in [4.78, 5) is 25.4. The Balaban J connectivity index is 1.61. The first kappa shape index (κ1) is 16.6. The molecule has 2 aromatic rings. The minimum absolute atomic E-state index is 0.0197. The summed E-state index contributed by atoms with van der Waals surface area (Å²) in [6, 6.07) is 14.9. The molecule has 0 saturated carbocycles. The molecule has 0 fully saturated rings. The van der Waals surface area contributed by atoms with Gasteiger partial charge in [0.05, 0.1) is 16.9 Å². The number of thioether (sulfide) groups is 1. The molecule has 1 N–H and O–H groups in total. The van der Waals surface area contributed by atoms with Crippen LogP contribution in [0.25, 0.3) is 0 Å². The van der Waals surface area contributed by atoms with E-state index in [9.17, 15) is 9.59 Å². The predicted molar refractivity (Wildman–Crippen MR) is 95.4 cm³/mol. The maximum Gasteiger partial charge on any atom is 0.338 e. The summed E-state index contributed by atoms with van der Waals surface area (Å²) in [5.74, 6) is -0.376. The molecule has 1 aliphatic heterocycles. The molecule has 0 radical (unpaired) electrons. The molecule has 0 aromatic heterocycles. The van der Waals surface area contributed by atoms with Gasteiger partial charge in [-0.15, -0.1) is 11.8 Å². The van der Waals surface area contributed by atoms with Gasteiger partial charge in [-0.2, -0.15) is 0 Å². The number of benzene rings is 2. The molecule has 1 aliphatic rings. The van der Waals surface area contributed by atoms with Crippen molar-refractivity contribution in [2.24, 2.45) is 0 Å². The number of fused-ring (bicyclic) bond motifs is 1. The van der Waals surface area contributed by atoms with E-state index in [-0.39, 0.29) is 23.2 Å². The molecule has 0 unspecified atom stereocenters. The zero-order chi connectivity index (χ0) is 17.1. The lowest BCUT2D eigenvalue weighted by atomic mass is 10.1. The second kappa shape index (κ2) is 7.09. The van der Waals surface area contributed by atoms with Gasteiger partial charge in [-0.25, -0.2) is 4.79 Å². The number of ether oxygens (including phenoxy) is 1. The topological polar surface area (TPSA) is 55.4 Å². The number of amides is 1. The zero-order valence-electron chi connectivity index (χ0n) is 13.6. The fourth-order valence-corrected chi connectivity index (χ4v) is 3.72. The number of anilines is 1. The Bertz CT molecular complexity index is 730. The highest BCUT2D eigenvalue weighted by molar-refractivity contribution is 8.01. The van der Waals surface area contributed by atoms with Gasteiger partial charge in [-0.05, 0) is 56.2 Å². The standard InChI is InChI=1S/C19H19NO3S/c1-12(2)23-19(22)13-7-9-15(10-8-13)20-18(21)17-11-14-5-3-4-6-16(14)24-17/h3-10,12,17H,11H2,1-2H3,(H,20,21)/t17-/m1/s1. The van der Waals surface area contributed by atoms with Gasteiger partial charge in [-0.1, -0.05) is 18.2 Å². The number of nitrogens with one attached hydrogen (secondary N) is 1. The van der Waals surface area contributed by atoms with Crippen LogP contribution >= 0.6 is 11.8 Å². The van der Waals surface area contributed by atoms with Gasteiger partial charge in [-0.3, -0.25) is 4.79 Å². The van der Waals surface area contributed by atoms with Crippen LogP contribution in [0.2, 0.25) is 0 Å². The third kappa shape index (κ3) is 3.79. The zero-order valence-corrected chi connectivity index (χ0v) is 14.4. The van der Waals surface area contributed by atoms with Crippen LogP contribution in [-0.4, -0.2) is 23.2 Å². The highest BCUT2D eigenvalue weighted by Crippen LogP contribution is 2.37. The molecular weight excluding hydrogens is 322 g/mol. The number of esters is 1. The molecule has 24 heavy (non-hydrogen) atoms. The molecule has 124 valence electrons. The van der Waals surface area contributed by atoms with Crippen LogP contribution in [0, 0.1) is 0 Å². The first-order valence-corrected chi connectivity index (χ1v) is 8.77. The van der Waals surface area contributed by atoms with Gasteiger partial charge in [0.15, 0.2) is 0 Å². The van der Waals surface area contributed by atoms with Gasteiger partial charge in [0.25, 0.3) is 0 Å². The lowest BCUT2D eigenvalue weighted by Gasteiger charge is -2.11. The summed E-state index contributed by atoms with van der Waals surface area (Å²) in [5.41, 5.74) is 2.37. The number of carbonyl (C=O) groups is 2. The van der Waals surface area contributed by atoms with Crippen molar-refractivity contribution < 1.29 is 14.3 Å². The van der Waals surface area contributed by atoms with Crippen molar-refractivity contribution in [1.29, 1.82) is 0 Å². The number of carbonyl (C=O) groups excluding carboxylic acids is 2. The Kier molecular flexibility index (Phi) is 4.90. The molecular formula is C19H19NO3S. The predicted octanol–water partition coefficient (Wildman–Crippen LogP) is 3.91. The number of rotatable bonds is 4. The normalized spacial score (nSPS) is 15.9. The van der Waals surface area contributed by atoms with Crippen molar-refractivity contribution in [2.75, 3.05) is 5.32 Å². The van der Waals surface area contributed by atoms with Gasteiger partial charge < -0.3 is 10.1 Å². The van der Waals surface area contributed by atoms with E-state index in [1.54, 1.807) is 36.0 Å². The summed E-state index contributed by atoms with van der Waals surface area (Å²) < 4.78 is 5.14. The van der Waals surface area contributed by atoms with E-state index >= 15 is 0 Å². The van der Waals surface area contributed by atoms with E-state index < -0.39 is 0 Å². The Morgan fingerprint density at radius 3 is 2.50 bits per heavy atom. The number of hydrogen-bond donors (Lipinski definition) is 1. The fraction of sp³-hybridized carbons (Fsp3) is 0.263. The number of hydrogen-bond acceptors (Lipinski definition) is 4. The van der Waals surface area contributed by atoms with Crippen LogP contribution in [0.4, 0.5) is 5.69 Å². The molecule has 0 spiro atoms. The maximum atomic E-state index is 12.4. The van der Waals surface area contributed by atoms with Gasteiger partial charge in [0.2, 0.25) is 5.91 Å². The monoisotopic (exact) mass is 341 g/mol. The van der Waals surface area contributed by atoms with Gasteiger partial charge >= 0.3 is 5.97 Å². The fourth-order valence-electron chi connectivity index (χ4n) is 2.52. The van der Waals surface area contributed by atoms with Gasteiger partial charge in [0, 0.05) is 10.6 Å². The molecule has 2 aromatic carbocycles. The van der Waals surface area contributed by atoms with Crippen molar-refractivity contribution in [1.82, 2.24) is 0 Å². The largest absolute Gasteiger partial charge is 0.459 e. The first-order chi connectivity index (χ1) is 11.5. The van der Waals surface area contributed by atoms with E-state index in [0.29, 0.717) is 11.3 Å². The lowest BCUT2D eigenvalue weighted by Crippen LogP contribution is -2.24. The molecule has 5 heteroatoms. The van der Waals surface area contributed by atoms with Crippen molar-refractivity contribution in [2.45, 2.75) is 36.5 Å². The third-order valence-electron chi connectivity index (χ3n) is 3.67. The van der Waals surface area contributed by atoms with E-state index in [0.717, 1.165) is 6.42 Å². The molecule has 1 atom stereocenters. The Hall–Kier alpha value is -2.27. The molecule has 0 saturated heterocycles. The van der Waals surface area contributed by atoms with Gasteiger partial charge in [0.1, 0.15) is 0 Å².